The van der Waals surface area contributed by atoms with E-state index in [0.29, 0.717) is 12.1 Å². The molecule has 1 aromatic carbocycles. The quantitative estimate of drug-likeness (QED) is 0.860. The second-order valence-corrected chi connectivity index (χ2v) is 6.30. The van der Waals surface area contributed by atoms with Crippen LogP contribution < -0.4 is 10.6 Å². The first-order chi connectivity index (χ1) is 8.66. The van der Waals surface area contributed by atoms with Crippen molar-refractivity contribution in [2.75, 3.05) is 4.90 Å². The molecular formula is C14H18BrFN2. The molecule has 18 heavy (non-hydrogen) atoms. The molecule has 2 unspecified atom stereocenters. The summed E-state index contributed by atoms with van der Waals surface area (Å²) < 4.78 is 15.0. The minimum Gasteiger partial charge on any atom is -0.362 e. The average Bonchev–Trinajstić information content (AvgIpc) is 2.29. The summed E-state index contributed by atoms with van der Waals surface area (Å²) in [6, 6.07) is 6.30. The predicted octanol–water partition coefficient (Wildman–Crippen LogP) is 3.44. The number of fused-ring (bicyclic) bond motifs is 2. The van der Waals surface area contributed by atoms with Crippen LogP contribution in [0.1, 0.15) is 32.1 Å². The fraction of sp³-hybridized carbons (Fsp3) is 0.571. The minimum absolute atomic E-state index is 0.128. The molecule has 2 saturated heterocycles. The SMILES string of the molecule is NC1CC2CCCC(C1)N2c1c(F)cccc1Br. The molecule has 0 amide bonds. The monoisotopic (exact) mass is 312 g/mol. The normalized spacial score (nSPS) is 31.5. The molecule has 2 fully saturated rings. The molecular weight excluding hydrogens is 295 g/mol. The van der Waals surface area contributed by atoms with Gasteiger partial charge in [0.05, 0.1) is 5.69 Å². The Labute approximate surface area is 115 Å². The maximum Gasteiger partial charge on any atom is 0.147 e. The van der Waals surface area contributed by atoms with Gasteiger partial charge in [-0.05, 0) is 60.2 Å². The molecule has 0 aliphatic carbocycles. The van der Waals surface area contributed by atoms with Crippen molar-refractivity contribution in [3.8, 4) is 0 Å². The van der Waals surface area contributed by atoms with E-state index in [0.717, 1.165) is 35.8 Å². The molecule has 2 N–H and O–H groups in total. The van der Waals surface area contributed by atoms with Crippen molar-refractivity contribution in [2.24, 2.45) is 5.73 Å². The third-order valence-electron chi connectivity index (χ3n) is 4.21. The molecule has 2 aliphatic heterocycles. The van der Waals surface area contributed by atoms with Gasteiger partial charge in [-0.3, -0.25) is 0 Å². The Balaban J connectivity index is 2.00. The maximum absolute atomic E-state index is 14.1. The van der Waals surface area contributed by atoms with Gasteiger partial charge in [0.2, 0.25) is 0 Å². The lowest BCUT2D eigenvalue weighted by Gasteiger charge is -2.50. The van der Waals surface area contributed by atoms with Crippen LogP contribution in [0.2, 0.25) is 0 Å². The number of piperidine rings is 2. The van der Waals surface area contributed by atoms with Crippen molar-refractivity contribution in [2.45, 2.75) is 50.2 Å². The molecule has 1 aromatic rings. The smallest absolute Gasteiger partial charge is 0.147 e. The lowest BCUT2D eigenvalue weighted by atomic mass is 9.81. The molecule has 98 valence electrons. The number of hydrogen-bond donors (Lipinski definition) is 1. The molecule has 3 rings (SSSR count). The first-order valence-electron chi connectivity index (χ1n) is 6.64. The zero-order valence-corrected chi connectivity index (χ0v) is 11.9. The van der Waals surface area contributed by atoms with Gasteiger partial charge in [-0.25, -0.2) is 4.39 Å². The largest absolute Gasteiger partial charge is 0.362 e. The van der Waals surface area contributed by atoms with Crippen LogP contribution in [0.3, 0.4) is 0 Å². The van der Waals surface area contributed by atoms with E-state index in [-0.39, 0.29) is 11.9 Å². The van der Waals surface area contributed by atoms with E-state index in [1.165, 1.54) is 6.42 Å². The van der Waals surface area contributed by atoms with Gasteiger partial charge in [0.15, 0.2) is 0 Å². The average molecular weight is 313 g/mol. The van der Waals surface area contributed by atoms with E-state index in [2.05, 4.69) is 20.8 Å². The third-order valence-corrected chi connectivity index (χ3v) is 4.85. The highest BCUT2D eigenvalue weighted by Crippen LogP contribution is 2.41. The number of rotatable bonds is 1. The van der Waals surface area contributed by atoms with Crippen molar-refractivity contribution in [1.29, 1.82) is 0 Å². The van der Waals surface area contributed by atoms with Crippen LogP contribution in [0.5, 0.6) is 0 Å². The Morgan fingerprint density at radius 2 is 1.89 bits per heavy atom. The summed E-state index contributed by atoms with van der Waals surface area (Å²) in [5.74, 6) is -0.128. The molecule has 2 nitrogen and oxygen atoms in total. The van der Waals surface area contributed by atoms with Crippen molar-refractivity contribution in [3.05, 3.63) is 28.5 Å². The summed E-state index contributed by atoms with van der Waals surface area (Å²) in [4.78, 5) is 2.28. The van der Waals surface area contributed by atoms with Crippen LogP contribution in [0, 0.1) is 5.82 Å². The second-order valence-electron chi connectivity index (χ2n) is 5.45. The third kappa shape index (κ3) is 2.05. The number of anilines is 1. The van der Waals surface area contributed by atoms with Crippen LogP contribution in [0.4, 0.5) is 10.1 Å². The summed E-state index contributed by atoms with van der Waals surface area (Å²) in [6.07, 6.45) is 5.47. The van der Waals surface area contributed by atoms with Crippen molar-refractivity contribution < 1.29 is 4.39 Å². The van der Waals surface area contributed by atoms with E-state index in [9.17, 15) is 4.39 Å². The summed E-state index contributed by atoms with van der Waals surface area (Å²) >= 11 is 3.49. The minimum atomic E-state index is -0.128. The first-order valence-corrected chi connectivity index (χ1v) is 7.44. The maximum atomic E-state index is 14.1. The number of halogens is 2. The van der Waals surface area contributed by atoms with Crippen LogP contribution in [0.25, 0.3) is 0 Å². The van der Waals surface area contributed by atoms with E-state index < -0.39 is 0 Å². The standard InChI is InChI=1S/C14H18BrFN2/c15-12-5-2-6-13(16)14(12)18-10-3-1-4-11(18)8-9(17)7-10/h2,5-6,9-11H,1,3-4,7-8,17H2. The van der Waals surface area contributed by atoms with Gasteiger partial charge in [0.25, 0.3) is 0 Å². The lowest BCUT2D eigenvalue weighted by molar-refractivity contribution is 0.268. The molecule has 2 aliphatic rings. The molecule has 0 radical (unpaired) electrons. The van der Waals surface area contributed by atoms with Crippen LogP contribution in [0.15, 0.2) is 22.7 Å². The number of nitrogens with zero attached hydrogens (tertiary/aromatic N) is 1. The van der Waals surface area contributed by atoms with Crippen molar-refractivity contribution in [1.82, 2.24) is 0 Å². The number of nitrogens with two attached hydrogens (primary N) is 1. The Morgan fingerprint density at radius 1 is 1.22 bits per heavy atom. The van der Waals surface area contributed by atoms with Gasteiger partial charge in [-0.15, -0.1) is 0 Å². The van der Waals surface area contributed by atoms with Crippen LogP contribution >= 0.6 is 15.9 Å². The number of hydrogen-bond acceptors (Lipinski definition) is 2. The Morgan fingerprint density at radius 3 is 2.50 bits per heavy atom. The van der Waals surface area contributed by atoms with E-state index >= 15 is 0 Å². The summed E-state index contributed by atoms with van der Waals surface area (Å²) in [7, 11) is 0. The molecule has 0 saturated carbocycles. The zero-order chi connectivity index (χ0) is 12.7. The van der Waals surface area contributed by atoms with E-state index in [1.807, 2.05) is 6.07 Å². The predicted molar refractivity (Wildman–Crippen MR) is 75.2 cm³/mol. The molecule has 0 spiro atoms. The zero-order valence-electron chi connectivity index (χ0n) is 10.3. The van der Waals surface area contributed by atoms with Gasteiger partial charge >= 0.3 is 0 Å². The fourth-order valence-electron chi connectivity index (χ4n) is 3.52. The van der Waals surface area contributed by atoms with Gasteiger partial charge in [0, 0.05) is 22.6 Å². The topological polar surface area (TPSA) is 29.3 Å². The van der Waals surface area contributed by atoms with Gasteiger partial charge < -0.3 is 10.6 Å². The van der Waals surface area contributed by atoms with Crippen molar-refractivity contribution in [3.63, 3.8) is 0 Å². The van der Waals surface area contributed by atoms with Gasteiger partial charge in [-0.1, -0.05) is 6.07 Å². The summed E-state index contributed by atoms with van der Waals surface area (Å²) in [5.41, 5.74) is 6.84. The second kappa shape index (κ2) is 4.82. The molecule has 2 bridgehead atoms. The molecule has 2 heterocycles. The Bertz CT molecular complexity index is 417. The summed E-state index contributed by atoms with van der Waals surface area (Å²) in [6.45, 7) is 0. The lowest BCUT2D eigenvalue weighted by Crippen LogP contribution is -2.55. The van der Waals surface area contributed by atoms with E-state index in [4.69, 9.17) is 5.73 Å². The van der Waals surface area contributed by atoms with Crippen LogP contribution in [-0.2, 0) is 0 Å². The molecule has 2 atom stereocenters. The van der Waals surface area contributed by atoms with Crippen LogP contribution in [-0.4, -0.2) is 18.1 Å². The highest BCUT2D eigenvalue weighted by molar-refractivity contribution is 9.10. The molecule has 4 heteroatoms. The number of para-hydroxylation sites is 1. The highest BCUT2D eigenvalue weighted by atomic mass is 79.9. The van der Waals surface area contributed by atoms with Gasteiger partial charge in [-0.2, -0.15) is 0 Å². The molecule has 0 aromatic heterocycles. The Kier molecular flexibility index (Phi) is 3.32. The van der Waals surface area contributed by atoms with Gasteiger partial charge in [0.1, 0.15) is 5.82 Å². The fourth-order valence-corrected chi connectivity index (χ4v) is 4.07. The first kappa shape index (κ1) is 12.4. The summed E-state index contributed by atoms with van der Waals surface area (Å²) in [5, 5.41) is 0. The Hall–Kier alpha value is -0.610. The van der Waals surface area contributed by atoms with E-state index in [1.54, 1.807) is 12.1 Å². The number of benzene rings is 1. The van der Waals surface area contributed by atoms with Crippen molar-refractivity contribution >= 4 is 21.6 Å². The highest BCUT2D eigenvalue weighted by Gasteiger charge is 2.38.